The van der Waals surface area contributed by atoms with Gasteiger partial charge in [0.1, 0.15) is 17.6 Å². The van der Waals surface area contributed by atoms with E-state index in [0.717, 1.165) is 68.8 Å². The zero-order valence-corrected chi connectivity index (χ0v) is 22.4. The van der Waals surface area contributed by atoms with E-state index in [1.807, 2.05) is 31.6 Å². The minimum Gasteiger partial charge on any atom is -0.475 e. The van der Waals surface area contributed by atoms with Gasteiger partial charge in [-0.25, -0.2) is 14.8 Å². The topological polar surface area (TPSA) is 140 Å². The van der Waals surface area contributed by atoms with Gasteiger partial charge in [0.25, 0.3) is 5.91 Å². The molecule has 3 N–H and O–H groups in total. The predicted molar refractivity (Wildman–Crippen MR) is 144 cm³/mol. The van der Waals surface area contributed by atoms with E-state index in [1.54, 1.807) is 0 Å². The number of hydrogen-bond acceptors (Lipinski definition) is 6. The van der Waals surface area contributed by atoms with Gasteiger partial charge in [0.05, 0.1) is 12.7 Å². The molecule has 216 valence electrons. The highest BCUT2D eigenvalue weighted by molar-refractivity contribution is 6.03. The fourth-order valence-electron chi connectivity index (χ4n) is 4.95. The summed E-state index contributed by atoms with van der Waals surface area (Å²) in [6.45, 7) is 2.99. The van der Waals surface area contributed by atoms with E-state index in [2.05, 4.69) is 47.9 Å². The second-order valence-corrected chi connectivity index (χ2v) is 9.95. The Kier molecular flexibility index (Phi) is 9.24. The molecular formula is C28H30F3N7O3. The van der Waals surface area contributed by atoms with E-state index >= 15 is 0 Å². The van der Waals surface area contributed by atoms with Crippen LogP contribution in [0.3, 0.4) is 0 Å². The third kappa shape index (κ3) is 7.61. The van der Waals surface area contributed by atoms with Crippen LogP contribution in [0.1, 0.15) is 71.3 Å². The van der Waals surface area contributed by atoms with Gasteiger partial charge in [0.2, 0.25) is 0 Å². The number of aryl methyl sites for hydroxylation is 1. The van der Waals surface area contributed by atoms with Crippen molar-refractivity contribution in [2.24, 2.45) is 7.05 Å². The number of rotatable bonds is 6. The molecule has 1 aliphatic carbocycles. The molecule has 0 saturated carbocycles. The molecule has 2 aliphatic rings. The lowest BCUT2D eigenvalue weighted by atomic mass is 9.87. The molecule has 0 bridgehead atoms. The molecule has 3 aromatic rings. The van der Waals surface area contributed by atoms with Crippen LogP contribution in [0.25, 0.3) is 5.57 Å². The SMILES string of the molecule is Cn1ccnc1CN1CCC(c2ccc(NC(=O)c3ncc(C#N)[nH]3)c(C3=CCCC3)c2)CC1.O=C(O)C(F)(F)F. The number of nitrogens with one attached hydrogen (secondary N) is 2. The standard InChI is InChI=1S/C26H29N7O.C2HF3O2/c1-32-13-10-28-24(32)17-33-11-8-18(9-12-33)20-6-7-23(22(14-20)19-4-2-3-5-19)31-26(34)25-29-16-21(15-27)30-25;3-2(4,5)1(6)7/h4,6-7,10,13-14,16,18H,2-3,5,8-9,11-12,17H2,1H3,(H,29,30)(H,31,34);(H,6,7). The number of amides is 1. The van der Waals surface area contributed by atoms with Crippen LogP contribution < -0.4 is 5.32 Å². The Bertz CT molecular complexity index is 1460. The van der Waals surface area contributed by atoms with Crippen molar-refractivity contribution < 1.29 is 27.9 Å². The quantitative estimate of drug-likeness (QED) is 0.386. The van der Waals surface area contributed by atoms with E-state index in [0.29, 0.717) is 5.92 Å². The normalized spacial score (nSPS) is 15.9. The summed E-state index contributed by atoms with van der Waals surface area (Å²) in [5, 5.41) is 19.1. The average Bonchev–Trinajstić information content (AvgIpc) is 3.72. The molecule has 0 spiro atoms. The molecular weight excluding hydrogens is 539 g/mol. The molecule has 2 aromatic heterocycles. The maximum absolute atomic E-state index is 12.7. The summed E-state index contributed by atoms with van der Waals surface area (Å²) in [6.07, 6.45) is 7.88. The van der Waals surface area contributed by atoms with Crippen molar-refractivity contribution in [2.75, 3.05) is 18.4 Å². The van der Waals surface area contributed by atoms with Crippen LogP contribution in [-0.2, 0) is 18.4 Å². The van der Waals surface area contributed by atoms with Gasteiger partial charge in [-0.05, 0) is 74.4 Å². The third-order valence-corrected chi connectivity index (χ3v) is 7.18. The van der Waals surface area contributed by atoms with Crippen molar-refractivity contribution in [2.45, 2.75) is 50.7 Å². The number of aromatic amines is 1. The van der Waals surface area contributed by atoms with Crippen molar-refractivity contribution >= 4 is 23.1 Å². The number of piperidine rings is 1. The number of carbonyl (C=O) groups excluding carboxylic acids is 1. The first kappa shape index (κ1) is 29.5. The fourth-order valence-corrected chi connectivity index (χ4v) is 4.95. The third-order valence-electron chi connectivity index (χ3n) is 7.18. The predicted octanol–water partition coefficient (Wildman–Crippen LogP) is 4.85. The number of carboxylic acid groups (broad SMARTS) is 1. The number of benzene rings is 1. The lowest BCUT2D eigenvalue weighted by Crippen LogP contribution is -2.33. The van der Waals surface area contributed by atoms with Gasteiger partial charge in [-0.3, -0.25) is 9.69 Å². The van der Waals surface area contributed by atoms with Crippen LogP contribution in [0.5, 0.6) is 0 Å². The number of H-pyrrole nitrogens is 1. The van der Waals surface area contributed by atoms with Gasteiger partial charge in [-0.2, -0.15) is 18.4 Å². The number of hydrogen-bond donors (Lipinski definition) is 3. The largest absolute Gasteiger partial charge is 0.490 e. The summed E-state index contributed by atoms with van der Waals surface area (Å²) < 4.78 is 33.8. The van der Waals surface area contributed by atoms with E-state index in [-0.39, 0.29) is 17.4 Å². The number of halogens is 3. The van der Waals surface area contributed by atoms with Crippen molar-refractivity contribution in [1.29, 1.82) is 5.26 Å². The van der Waals surface area contributed by atoms with Crippen LogP contribution >= 0.6 is 0 Å². The minimum absolute atomic E-state index is 0.145. The van der Waals surface area contributed by atoms with E-state index in [4.69, 9.17) is 15.2 Å². The van der Waals surface area contributed by atoms with Gasteiger partial charge in [-0.15, -0.1) is 0 Å². The Hall–Kier alpha value is -4.44. The molecule has 0 atom stereocenters. The second-order valence-electron chi connectivity index (χ2n) is 9.95. The molecule has 1 aliphatic heterocycles. The van der Waals surface area contributed by atoms with E-state index in [9.17, 15) is 18.0 Å². The Morgan fingerprint density at radius 3 is 2.54 bits per heavy atom. The van der Waals surface area contributed by atoms with Gasteiger partial charge in [-0.1, -0.05) is 12.1 Å². The van der Waals surface area contributed by atoms with Gasteiger partial charge < -0.3 is 20.0 Å². The molecule has 13 heteroatoms. The number of carbonyl (C=O) groups is 2. The smallest absolute Gasteiger partial charge is 0.475 e. The zero-order valence-electron chi connectivity index (χ0n) is 22.4. The first-order valence-corrected chi connectivity index (χ1v) is 13.1. The van der Waals surface area contributed by atoms with E-state index < -0.39 is 12.1 Å². The number of nitrogens with zero attached hydrogens (tertiary/aromatic N) is 5. The summed E-state index contributed by atoms with van der Waals surface area (Å²) in [7, 11) is 2.04. The van der Waals surface area contributed by atoms with Gasteiger partial charge in [0, 0.05) is 30.7 Å². The van der Waals surface area contributed by atoms with Crippen LogP contribution in [0.15, 0.2) is 42.9 Å². The number of allylic oxidation sites excluding steroid dienone is 2. The number of likely N-dealkylation sites (tertiary alicyclic amines) is 1. The van der Waals surface area contributed by atoms with Crippen LogP contribution in [0.2, 0.25) is 0 Å². The molecule has 5 rings (SSSR count). The number of carboxylic acids is 1. The Labute approximate surface area is 234 Å². The Balaban J connectivity index is 0.000000493. The molecule has 1 fully saturated rings. The first-order chi connectivity index (χ1) is 19.5. The van der Waals surface area contributed by atoms with Crippen LogP contribution in [0.4, 0.5) is 18.9 Å². The number of imidazole rings is 2. The minimum atomic E-state index is -5.08. The van der Waals surface area contributed by atoms with Crippen molar-refractivity contribution in [3.05, 3.63) is 71.3 Å². The molecule has 41 heavy (non-hydrogen) atoms. The number of aromatic nitrogens is 4. The molecule has 1 saturated heterocycles. The monoisotopic (exact) mass is 569 g/mol. The van der Waals surface area contributed by atoms with Crippen LogP contribution in [-0.4, -0.2) is 60.7 Å². The van der Waals surface area contributed by atoms with Crippen molar-refractivity contribution in [3.8, 4) is 6.07 Å². The molecule has 1 aromatic carbocycles. The molecule has 0 radical (unpaired) electrons. The van der Waals surface area contributed by atoms with Gasteiger partial charge >= 0.3 is 12.1 Å². The number of anilines is 1. The van der Waals surface area contributed by atoms with Crippen molar-refractivity contribution in [3.63, 3.8) is 0 Å². The van der Waals surface area contributed by atoms with Gasteiger partial charge in [0.15, 0.2) is 5.82 Å². The lowest BCUT2D eigenvalue weighted by Gasteiger charge is -2.32. The number of alkyl halides is 3. The molecule has 10 nitrogen and oxygen atoms in total. The lowest BCUT2D eigenvalue weighted by molar-refractivity contribution is -0.192. The highest BCUT2D eigenvalue weighted by Crippen LogP contribution is 2.37. The Morgan fingerprint density at radius 1 is 1.24 bits per heavy atom. The fraction of sp³-hybridized carbons (Fsp3) is 0.393. The molecule has 0 unspecified atom stereocenters. The summed E-state index contributed by atoms with van der Waals surface area (Å²) >= 11 is 0. The number of aliphatic carboxylic acids is 1. The first-order valence-electron chi connectivity index (χ1n) is 13.1. The summed E-state index contributed by atoms with van der Waals surface area (Å²) in [5.74, 6) is -1.34. The summed E-state index contributed by atoms with van der Waals surface area (Å²) in [5.41, 5.74) is 4.80. The highest BCUT2D eigenvalue weighted by atomic mass is 19.4. The second kappa shape index (κ2) is 12.8. The van der Waals surface area contributed by atoms with Crippen molar-refractivity contribution in [1.82, 2.24) is 24.4 Å². The maximum atomic E-state index is 12.7. The summed E-state index contributed by atoms with van der Waals surface area (Å²) in [4.78, 5) is 35.4. The number of nitriles is 1. The van der Waals surface area contributed by atoms with Crippen LogP contribution in [0, 0.1) is 11.3 Å². The maximum Gasteiger partial charge on any atom is 0.490 e. The Morgan fingerprint density at radius 2 is 1.98 bits per heavy atom. The molecule has 3 heterocycles. The van der Waals surface area contributed by atoms with E-state index in [1.165, 1.54) is 17.3 Å². The average molecular weight is 570 g/mol. The summed E-state index contributed by atoms with van der Waals surface area (Å²) in [6, 6.07) is 8.41. The highest BCUT2D eigenvalue weighted by Gasteiger charge is 2.38. The zero-order chi connectivity index (χ0) is 29.6. The molecule has 1 amide bonds.